The van der Waals surface area contributed by atoms with E-state index in [4.69, 9.17) is 4.74 Å². The number of rotatable bonds is 7. The third-order valence-corrected chi connectivity index (χ3v) is 5.14. The van der Waals surface area contributed by atoms with Crippen LogP contribution >= 0.6 is 0 Å². The van der Waals surface area contributed by atoms with Crippen molar-refractivity contribution in [2.24, 2.45) is 0 Å². The molecule has 34 heavy (non-hydrogen) atoms. The number of nitrogens with zero attached hydrogens (tertiary/aromatic N) is 2. The number of benzene rings is 3. The average molecular weight is 457 g/mol. The van der Waals surface area contributed by atoms with E-state index >= 15 is 0 Å². The smallest absolute Gasteiger partial charge is 0.282 e. The molecule has 0 bridgehead atoms. The summed E-state index contributed by atoms with van der Waals surface area (Å²) < 4.78 is 5.81. The Morgan fingerprint density at radius 1 is 1.00 bits per heavy atom. The summed E-state index contributed by atoms with van der Waals surface area (Å²) in [5.74, 6) is -0.940. The van der Waals surface area contributed by atoms with Gasteiger partial charge < -0.3 is 15.0 Å². The first-order chi connectivity index (χ1) is 16.4. The number of hydrogen-bond acceptors (Lipinski definition) is 5. The molecule has 0 radical (unpaired) electrons. The number of nitrogens with one attached hydrogen (secondary N) is 2. The van der Waals surface area contributed by atoms with E-state index in [0.29, 0.717) is 22.7 Å². The van der Waals surface area contributed by atoms with Crippen molar-refractivity contribution < 1.29 is 19.1 Å². The standard InChI is InChI=1S/C26H24N4O4/c1-29(2)21-14-13-18(23(16-21)34-17-24(31)27-19-9-5-3-6-10-19)15-22-25(32)28-30(26(22)33)20-11-7-4-8-12-20/h3-16H,17H2,1-2H3,(H,27,31)(H,28,32)/b22-15-. The zero-order chi connectivity index (χ0) is 24.1. The summed E-state index contributed by atoms with van der Waals surface area (Å²) in [4.78, 5) is 39.8. The largest absolute Gasteiger partial charge is 0.483 e. The molecular formula is C26H24N4O4. The fourth-order valence-electron chi connectivity index (χ4n) is 3.38. The minimum absolute atomic E-state index is 0.0277. The Morgan fingerprint density at radius 3 is 2.35 bits per heavy atom. The van der Waals surface area contributed by atoms with Gasteiger partial charge in [-0.1, -0.05) is 36.4 Å². The van der Waals surface area contributed by atoms with E-state index in [0.717, 1.165) is 5.69 Å². The van der Waals surface area contributed by atoms with Crippen molar-refractivity contribution in [3.63, 3.8) is 0 Å². The van der Waals surface area contributed by atoms with Crippen molar-refractivity contribution in [3.8, 4) is 5.75 Å². The maximum absolute atomic E-state index is 12.9. The SMILES string of the molecule is CN(C)c1ccc(/C=C2/C(=O)NN(c3ccccc3)C2=O)c(OCC(=O)Nc2ccccc2)c1. The first kappa shape index (κ1) is 22.6. The van der Waals surface area contributed by atoms with Crippen LogP contribution < -0.4 is 25.4 Å². The molecule has 172 valence electrons. The zero-order valence-corrected chi connectivity index (χ0v) is 18.8. The normalized spacial score (nSPS) is 14.2. The molecule has 0 saturated carbocycles. The third kappa shape index (κ3) is 5.07. The van der Waals surface area contributed by atoms with E-state index in [1.54, 1.807) is 48.5 Å². The number of carbonyl (C=O) groups is 3. The van der Waals surface area contributed by atoms with Crippen LogP contribution in [0.4, 0.5) is 17.1 Å². The molecule has 0 aliphatic carbocycles. The molecule has 0 unspecified atom stereocenters. The summed E-state index contributed by atoms with van der Waals surface area (Å²) >= 11 is 0. The van der Waals surface area contributed by atoms with E-state index < -0.39 is 11.8 Å². The third-order valence-electron chi connectivity index (χ3n) is 5.14. The van der Waals surface area contributed by atoms with Crippen molar-refractivity contribution in [1.82, 2.24) is 5.43 Å². The van der Waals surface area contributed by atoms with Crippen molar-refractivity contribution in [2.45, 2.75) is 0 Å². The van der Waals surface area contributed by atoms with Gasteiger partial charge in [0.05, 0.1) is 5.69 Å². The molecule has 1 heterocycles. The molecule has 2 N–H and O–H groups in total. The average Bonchev–Trinajstić information content (AvgIpc) is 3.12. The number of para-hydroxylation sites is 2. The quantitative estimate of drug-likeness (QED) is 0.421. The van der Waals surface area contributed by atoms with Gasteiger partial charge in [-0.05, 0) is 42.5 Å². The number of hydrazine groups is 1. The highest BCUT2D eigenvalue weighted by molar-refractivity contribution is 6.31. The Hall–Kier alpha value is -4.59. The van der Waals surface area contributed by atoms with Crippen LogP contribution in [0.3, 0.4) is 0 Å². The Morgan fingerprint density at radius 2 is 1.68 bits per heavy atom. The summed E-state index contributed by atoms with van der Waals surface area (Å²) in [6.07, 6.45) is 1.48. The minimum atomic E-state index is -0.515. The molecule has 0 atom stereocenters. The molecule has 1 aliphatic rings. The lowest BCUT2D eigenvalue weighted by atomic mass is 10.1. The second kappa shape index (κ2) is 9.91. The molecule has 1 aliphatic heterocycles. The molecule has 4 rings (SSSR count). The van der Waals surface area contributed by atoms with Crippen molar-refractivity contribution in [1.29, 1.82) is 0 Å². The first-order valence-electron chi connectivity index (χ1n) is 10.6. The molecule has 3 aromatic carbocycles. The molecule has 1 saturated heterocycles. The molecule has 3 amide bonds. The maximum atomic E-state index is 12.9. The molecule has 1 fully saturated rings. The van der Waals surface area contributed by atoms with Gasteiger partial charge in [0.25, 0.3) is 17.7 Å². The van der Waals surface area contributed by atoms with Crippen LogP contribution in [0.5, 0.6) is 5.75 Å². The van der Waals surface area contributed by atoms with E-state index in [2.05, 4.69) is 10.7 Å². The van der Waals surface area contributed by atoms with Gasteiger partial charge in [-0.15, -0.1) is 0 Å². The van der Waals surface area contributed by atoms with Crippen LogP contribution in [-0.4, -0.2) is 38.4 Å². The van der Waals surface area contributed by atoms with Gasteiger partial charge in [0.15, 0.2) is 6.61 Å². The monoisotopic (exact) mass is 456 g/mol. The van der Waals surface area contributed by atoms with Crippen LogP contribution in [0.1, 0.15) is 5.56 Å². The van der Waals surface area contributed by atoms with Gasteiger partial charge >= 0.3 is 0 Å². The fraction of sp³-hybridized carbons (Fsp3) is 0.115. The van der Waals surface area contributed by atoms with E-state index in [-0.39, 0.29) is 18.1 Å². The number of anilines is 3. The molecule has 0 aromatic heterocycles. The lowest BCUT2D eigenvalue weighted by Crippen LogP contribution is -2.35. The predicted molar refractivity (Wildman–Crippen MR) is 131 cm³/mol. The Kier molecular flexibility index (Phi) is 6.59. The van der Waals surface area contributed by atoms with Crippen molar-refractivity contribution in [3.05, 3.63) is 90.0 Å². The van der Waals surface area contributed by atoms with Crippen molar-refractivity contribution >= 4 is 40.9 Å². The Bertz CT molecular complexity index is 1240. The van der Waals surface area contributed by atoms with Gasteiger partial charge in [-0.3, -0.25) is 19.8 Å². The summed E-state index contributed by atoms with van der Waals surface area (Å²) in [6, 6.07) is 23.3. The van der Waals surface area contributed by atoms with Gasteiger partial charge in [0.1, 0.15) is 11.3 Å². The van der Waals surface area contributed by atoms with Gasteiger partial charge in [0, 0.05) is 37.1 Å². The predicted octanol–water partition coefficient (Wildman–Crippen LogP) is 3.23. The summed E-state index contributed by atoms with van der Waals surface area (Å²) in [5.41, 5.74) is 5.12. The summed E-state index contributed by atoms with van der Waals surface area (Å²) in [7, 11) is 3.76. The highest BCUT2D eigenvalue weighted by Crippen LogP contribution is 2.29. The maximum Gasteiger partial charge on any atom is 0.282 e. The second-order valence-electron chi connectivity index (χ2n) is 7.79. The molecule has 8 heteroatoms. The van der Waals surface area contributed by atoms with Crippen LogP contribution in [0.15, 0.2) is 84.4 Å². The van der Waals surface area contributed by atoms with E-state index in [1.165, 1.54) is 11.1 Å². The second-order valence-corrected chi connectivity index (χ2v) is 7.79. The lowest BCUT2D eigenvalue weighted by molar-refractivity contribution is -0.118. The topological polar surface area (TPSA) is 91.0 Å². The zero-order valence-electron chi connectivity index (χ0n) is 18.8. The minimum Gasteiger partial charge on any atom is -0.483 e. The van der Waals surface area contributed by atoms with Crippen molar-refractivity contribution in [2.75, 3.05) is 35.9 Å². The van der Waals surface area contributed by atoms with E-state index in [9.17, 15) is 14.4 Å². The first-order valence-corrected chi connectivity index (χ1v) is 10.6. The lowest BCUT2D eigenvalue weighted by Gasteiger charge is -2.16. The van der Waals surface area contributed by atoms with E-state index in [1.807, 2.05) is 49.3 Å². The highest BCUT2D eigenvalue weighted by atomic mass is 16.5. The number of hydrogen-bond donors (Lipinski definition) is 2. The molecule has 3 aromatic rings. The van der Waals surface area contributed by atoms with Crippen LogP contribution in [0.2, 0.25) is 0 Å². The summed E-state index contributed by atoms with van der Waals surface area (Å²) in [5, 5.41) is 3.97. The Labute approximate surface area is 197 Å². The van der Waals surface area contributed by atoms with Crippen LogP contribution in [0.25, 0.3) is 6.08 Å². The Balaban J connectivity index is 1.57. The van der Waals surface area contributed by atoms with Crippen LogP contribution in [-0.2, 0) is 14.4 Å². The van der Waals surface area contributed by atoms with Gasteiger partial charge in [-0.2, -0.15) is 0 Å². The number of ether oxygens (including phenoxy) is 1. The number of carbonyl (C=O) groups excluding carboxylic acids is 3. The molecule has 8 nitrogen and oxygen atoms in total. The highest BCUT2D eigenvalue weighted by Gasteiger charge is 2.34. The fourth-order valence-corrected chi connectivity index (χ4v) is 3.38. The van der Waals surface area contributed by atoms with Gasteiger partial charge in [0.2, 0.25) is 0 Å². The number of amides is 3. The summed E-state index contributed by atoms with van der Waals surface area (Å²) in [6.45, 7) is -0.238. The molecule has 0 spiro atoms. The van der Waals surface area contributed by atoms with Gasteiger partial charge in [-0.25, -0.2) is 5.01 Å². The molecular weight excluding hydrogens is 432 g/mol. The van der Waals surface area contributed by atoms with Crippen LogP contribution in [0, 0.1) is 0 Å².